The maximum atomic E-state index is 14.1. The van der Waals surface area contributed by atoms with Crippen molar-refractivity contribution in [2.75, 3.05) is 27.3 Å². The van der Waals surface area contributed by atoms with E-state index < -0.39 is 35.3 Å². The van der Waals surface area contributed by atoms with E-state index in [-0.39, 0.29) is 23.7 Å². The lowest BCUT2D eigenvalue weighted by Gasteiger charge is -2.40. The number of fused-ring (bicyclic) bond motifs is 5. The Bertz CT molecular complexity index is 2540. The fraction of sp³-hybridized carbons (Fsp3) is 0.489. The molecule has 6 unspecified atom stereocenters. The molecule has 2 aromatic carbocycles. The molecule has 2 aliphatic heterocycles. The molecule has 2 saturated carbocycles. The van der Waals surface area contributed by atoms with Crippen molar-refractivity contribution in [3.05, 3.63) is 71.4 Å². The van der Waals surface area contributed by atoms with Crippen LogP contribution in [0.4, 0.5) is 9.59 Å². The summed E-state index contributed by atoms with van der Waals surface area (Å²) >= 11 is 1.75. The number of imidazole rings is 2. The van der Waals surface area contributed by atoms with Crippen LogP contribution in [0.5, 0.6) is 0 Å². The molecule has 6 atom stereocenters. The number of benzene rings is 2. The van der Waals surface area contributed by atoms with Gasteiger partial charge in [-0.2, -0.15) is 0 Å². The summed E-state index contributed by atoms with van der Waals surface area (Å²) in [6, 6.07) is 13.7. The maximum Gasteiger partial charge on any atom is 0.407 e. The quantitative estimate of drug-likeness (QED) is 0.103. The van der Waals surface area contributed by atoms with Crippen molar-refractivity contribution in [2.24, 2.45) is 23.7 Å². The zero-order valence-corrected chi connectivity index (χ0v) is 37.3. The number of aromatic nitrogens is 4. The zero-order chi connectivity index (χ0) is 43.7. The summed E-state index contributed by atoms with van der Waals surface area (Å²) < 4.78 is 10.9. The maximum absolute atomic E-state index is 14.1. The van der Waals surface area contributed by atoms with E-state index in [4.69, 9.17) is 19.4 Å². The number of hydrogen-bond acceptors (Lipinski definition) is 9. The molecule has 4 bridgehead atoms. The molecule has 4 N–H and O–H groups in total. The number of nitrogens with zero attached hydrogens (tertiary/aromatic N) is 4. The van der Waals surface area contributed by atoms with Gasteiger partial charge in [-0.3, -0.25) is 9.59 Å². The van der Waals surface area contributed by atoms with Gasteiger partial charge in [0, 0.05) is 33.6 Å². The Morgan fingerprint density at radius 2 is 1.21 bits per heavy atom. The van der Waals surface area contributed by atoms with E-state index in [1.54, 1.807) is 11.3 Å². The third kappa shape index (κ3) is 6.92. The second-order valence-electron chi connectivity index (χ2n) is 18.5. The van der Waals surface area contributed by atoms with Crippen molar-refractivity contribution in [1.82, 2.24) is 40.4 Å². The number of H-pyrrole nitrogens is 2. The number of alkyl carbamates (subject to hydrolysis) is 2. The van der Waals surface area contributed by atoms with Crippen LogP contribution in [0, 0.1) is 30.6 Å². The molecule has 62 heavy (non-hydrogen) atoms. The van der Waals surface area contributed by atoms with E-state index in [9.17, 15) is 19.2 Å². The van der Waals surface area contributed by atoms with Gasteiger partial charge in [0.15, 0.2) is 0 Å². The van der Waals surface area contributed by atoms with Gasteiger partial charge in [0.05, 0.1) is 38.0 Å². The predicted octanol–water partition coefficient (Wildman–Crippen LogP) is 8.09. The Kier molecular flexibility index (Phi) is 10.7. The van der Waals surface area contributed by atoms with E-state index in [2.05, 4.69) is 70.0 Å². The summed E-state index contributed by atoms with van der Waals surface area (Å²) in [4.78, 5) is 74.8. The van der Waals surface area contributed by atoms with Crippen molar-refractivity contribution in [1.29, 1.82) is 0 Å². The number of piperidine rings is 2. The molecule has 3 aromatic heterocycles. The second-order valence-corrected chi connectivity index (χ2v) is 19.8. The highest BCUT2D eigenvalue weighted by Gasteiger charge is 2.58. The van der Waals surface area contributed by atoms with Crippen LogP contribution >= 0.6 is 11.3 Å². The Morgan fingerprint density at radius 1 is 0.726 bits per heavy atom. The molecular weight excluding hydrogens is 805 g/mol. The van der Waals surface area contributed by atoms with Gasteiger partial charge in [-0.05, 0) is 91.9 Å². The molecule has 5 aromatic rings. The lowest BCUT2D eigenvalue weighted by molar-refractivity contribution is -0.141. The number of ether oxygens (including phenoxy) is 2. The first-order chi connectivity index (χ1) is 29.7. The number of aryl methyl sites for hydroxylation is 1. The lowest BCUT2D eigenvalue weighted by Crippen LogP contribution is -2.56. The Hall–Kier alpha value is -5.70. The monoisotopic (exact) mass is 860 g/mol. The molecular formula is C47H56N8O6S. The Balaban J connectivity index is 0.965. The minimum atomic E-state index is -0.697. The summed E-state index contributed by atoms with van der Waals surface area (Å²) in [6.45, 7) is 11.1. The van der Waals surface area contributed by atoms with Crippen molar-refractivity contribution in [3.63, 3.8) is 0 Å². The van der Waals surface area contributed by atoms with Crippen LogP contribution in [0.15, 0.2) is 54.9 Å². The van der Waals surface area contributed by atoms with Gasteiger partial charge in [0.25, 0.3) is 0 Å². The molecule has 0 spiro atoms. The number of methoxy groups -OCH3 is 2. The first kappa shape index (κ1) is 41.6. The molecule has 2 saturated heterocycles. The number of likely N-dealkylation sites (tertiary alicyclic amines) is 2. The second kappa shape index (κ2) is 15.9. The summed E-state index contributed by atoms with van der Waals surface area (Å²) in [5, 5.41) is 6.70. The number of rotatable bonds is 11. The van der Waals surface area contributed by atoms with Gasteiger partial charge < -0.3 is 39.9 Å². The summed E-state index contributed by atoms with van der Waals surface area (Å²) in [6.07, 6.45) is 7.90. The van der Waals surface area contributed by atoms with E-state index in [1.165, 1.54) is 19.1 Å². The number of hydrogen-bond donors (Lipinski definition) is 4. The van der Waals surface area contributed by atoms with Crippen LogP contribution in [0.1, 0.15) is 82.7 Å². The molecule has 5 heterocycles. The molecule has 9 rings (SSSR count). The first-order valence-electron chi connectivity index (χ1n) is 21.8. The van der Waals surface area contributed by atoms with Gasteiger partial charge in [-0.1, -0.05) is 64.1 Å². The topological polar surface area (TPSA) is 175 Å². The number of aromatic amines is 2. The molecule has 4 fully saturated rings. The largest absolute Gasteiger partial charge is 0.453 e. The predicted molar refractivity (Wildman–Crippen MR) is 237 cm³/mol. The molecule has 14 nitrogen and oxygen atoms in total. The van der Waals surface area contributed by atoms with Gasteiger partial charge in [-0.25, -0.2) is 19.6 Å². The summed E-state index contributed by atoms with van der Waals surface area (Å²) in [5.41, 5.74) is 4.96. The average Bonchev–Trinajstić information content (AvgIpc) is 4.13. The van der Waals surface area contributed by atoms with Crippen molar-refractivity contribution < 1.29 is 28.7 Å². The molecule has 4 aliphatic rings. The van der Waals surface area contributed by atoms with Crippen LogP contribution < -0.4 is 10.6 Å². The van der Waals surface area contributed by atoms with Crippen LogP contribution in [0.3, 0.4) is 0 Å². The third-order valence-electron chi connectivity index (χ3n) is 14.1. The first-order valence-corrected chi connectivity index (χ1v) is 22.6. The van der Waals surface area contributed by atoms with Gasteiger partial charge in [0.1, 0.15) is 34.8 Å². The highest BCUT2D eigenvalue weighted by atomic mass is 32.1. The van der Waals surface area contributed by atoms with E-state index in [0.717, 1.165) is 93.9 Å². The molecule has 2 aliphatic carbocycles. The number of nitrogens with one attached hydrogen (secondary N) is 4. The van der Waals surface area contributed by atoms with E-state index >= 15 is 0 Å². The van der Waals surface area contributed by atoms with Gasteiger partial charge in [-0.15, -0.1) is 11.3 Å². The third-order valence-corrected chi connectivity index (χ3v) is 15.1. The minimum Gasteiger partial charge on any atom is -0.453 e. The van der Waals surface area contributed by atoms with Crippen LogP contribution in [0.2, 0.25) is 0 Å². The van der Waals surface area contributed by atoms with E-state index in [0.29, 0.717) is 24.9 Å². The lowest BCUT2D eigenvalue weighted by atomic mass is 9.93. The average molecular weight is 861 g/mol. The van der Waals surface area contributed by atoms with Gasteiger partial charge in [0.2, 0.25) is 11.8 Å². The van der Waals surface area contributed by atoms with Crippen molar-refractivity contribution in [3.8, 4) is 33.6 Å². The Labute approximate surface area is 365 Å². The SMILES string of the molecule is COC(=O)NC(C(=O)N1CC2CCC1(c1ncc(-c3ccc(-c4ccc(-c5cnc(C67CCC(CN6C(=O)C(NC(=O)OC)C(C)C)C7)[nH]5)c5sc(C)cc45)cc3)[nH]1)C2)C(C)C. The van der Waals surface area contributed by atoms with E-state index in [1.807, 2.05) is 49.9 Å². The molecule has 15 heteroatoms. The van der Waals surface area contributed by atoms with Crippen molar-refractivity contribution in [2.45, 2.75) is 96.3 Å². The number of carbonyl (C=O) groups excluding carboxylic acids is 4. The van der Waals surface area contributed by atoms with Gasteiger partial charge >= 0.3 is 12.2 Å². The molecule has 0 radical (unpaired) electrons. The smallest absolute Gasteiger partial charge is 0.407 e. The fourth-order valence-corrected chi connectivity index (χ4v) is 11.9. The Morgan fingerprint density at radius 3 is 1.71 bits per heavy atom. The fourth-order valence-electron chi connectivity index (χ4n) is 10.9. The zero-order valence-electron chi connectivity index (χ0n) is 36.5. The summed E-state index contributed by atoms with van der Waals surface area (Å²) in [7, 11) is 2.62. The van der Waals surface area contributed by atoms with Crippen LogP contribution in [-0.4, -0.2) is 93.1 Å². The highest BCUT2D eigenvalue weighted by molar-refractivity contribution is 7.19. The van der Waals surface area contributed by atoms with Crippen LogP contribution in [-0.2, 0) is 30.1 Å². The standard InChI is InChI=1S/C47H56N8O6S/c1-25(2)37(52-44(58)60-6)40(56)54-23-28-14-16-46(54,19-28)42-48-21-35(50-42)31-10-8-30(9-11-31)32-12-13-33(39-34(32)18-27(5)62-39)36-22-49-43(51-36)47-17-15-29(20-47)24-55(47)41(57)38(26(3)4)53-45(59)61-7/h8-13,18,21-22,25-26,28-29,37-38H,14-17,19-20,23-24H2,1-7H3,(H,48,50)(H,49,51)(H,52,58)(H,53,59). The minimum absolute atomic E-state index is 0.101. The number of thiophene rings is 1. The normalized spacial score (nSPS) is 23.7. The molecule has 4 amide bonds. The van der Waals surface area contributed by atoms with Crippen molar-refractivity contribution >= 4 is 45.4 Å². The highest BCUT2D eigenvalue weighted by Crippen LogP contribution is 2.54. The van der Waals surface area contributed by atoms with Crippen LogP contribution in [0.25, 0.3) is 43.7 Å². The number of carbonyl (C=O) groups is 4. The number of amides is 4. The molecule has 326 valence electrons. The summed E-state index contributed by atoms with van der Waals surface area (Å²) in [5.74, 6) is 1.92.